The molecule has 0 saturated heterocycles. The first kappa shape index (κ1) is 16.2. The molecule has 0 unspecified atom stereocenters. The second-order valence-corrected chi connectivity index (χ2v) is 5.33. The highest BCUT2D eigenvalue weighted by atomic mass is 35.5. The van der Waals surface area contributed by atoms with Crippen molar-refractivity contribution in [3.05, 3.63) is 58.1 Å². The Morgan fingerprint density at radius 3 is 2.68 bits per heavy atom. The van der Waals surface area contributed by atoms with Crippen LogP contribution in [-0.2, 0) is 4.79 Å². The molecular formula is C16H12Cl2N2O2. The van der Waals surface area contributed by atoms with E-state index in [0.29, 0.717) is 27.0 Å². The number of carbonyl (C=O) groups is 1. The highest BCUT2D eigenvalue weighted by Crippen LogP contribution is 2.27. The van der Waals surface area contributed by atoms with Gasteiger partial charge in [-0.2, -0.15) is 5.26 Å². The number of nitriles is 1. The highest BCUT2D eigenvalue weighted by Gasteiger charge is 2.15. The molecule has 0 fully saturated rings. The van der Waals surface area contributed by atoms with Crippen molar-refractivity contribution in [2.24, 2.45) is 0 Å². The summed E-state index contributed by atoms with van der Waals surface area (Å²) in [5.74, 6) is 0.115. The molecule has 112 valence electrons. The zero-order chi connectivity index (χ0) is 16.1. The van der Waals surface area contributed by atoms with Gasteiger partial charge in [-0.15, -0.1) is 0 Å². The first-order valence-electron chi connectivity index (χ1n) is 6.42. The zero-order valence-electron chi connectivity index (χ0n) is 11.6. The van der Waals surface area contributed by atoms with E-state index in [2.05, 4.69) is 5.32 Å². The average molecular weight is 335 g/mol. The number of hydrogen-bond donors (Lipinski definition) is 1. The number of amides is 1. The van der Waals surface area contributed by atoms with Gasteiger partial charge in [-0.1, -0.05) is 29.3 Å². The van der Waals surface area contributed by atoms with Crippen molar-refractivity contribution in [3.63, 3.8) is 0 Å². The van der Waals surface area contributed by atoms with Crippen LogP contribution in [0.3, 0.4) is 0 Å². The quantitative estimate of drug-likeness (QED) is 0.907. The van der Waals surface area contributed by atoms with Gasteiger partial charge in [0, 0.05) is 11.8 Å². The van der Waals surface area contributed by atoms with Crippen molar-refractivity contribution in [2.75, 3.05) is 5.32 Å². The molecule has 1 N–H and O–H groups in total. The Hall–Kier alpha value is -2.22. The lowest BCUT2D eigenvalue weighted by molar-refractivity contribution is -0.122. The summed E-state index contributed by atoms with van der Waals surface area (Å²) in [4.78, 5) is 12.1. The molecule has 0 spiro atoms. The number of halogens is 2. The minimum atomic E-state index is -0.733. The molecule has 22 heavy (non-hydrogen) atoms. The molecule has 0 heterocycles. The van der Waals surface area contributed by atoms with Gasteiger partial charge in [-0.05, 0) is 37.3 Å². The van der Waals surface area contributed by atoms with Crippen LogP contribution in [0.5, 0.6) is 5.75 Å². The fourth-order valence-corrected chi connectivity index (χ4v) is 2.01. The average Bonchev–Trinajstić information content (AvgIpc) is 2.51. The van der Waals surface area contributed by atoms with Gasteiger partial charge in [0.1, 0.15) is 5.75 Å². The van der Waals surface area contributed by atoms with Crippen molar-refractivity contribution < 1.29 is 9.53 Å². The number of nitrogens with zero attached hydrogens (tertiary/aromatic N) is 1. The largest absolute Gasteiger partial charge is 0.481 e. The first-order chi connectivity index (χ1) is 10.5. The summed E-state index contributed by atoms with van der Waals surface area (Å²) in [6, 6.07) is 13.4. The molecule has 0 aromatic heterocycles. The van der Waals surface area contributed by atoms with Gasteiger partial charge < -0.3 is 10.1 Å². The fourth-order valence-electron chi connectivity index (χ4n) is 1.72. The van der Waals surface area contributed by atoms with Gasteiger partial charge in [0.2, 0.25) is 0 Å². The minimum absolute atomic E-state index is 0.332. The van der Waals surface area contributed by atoms with Crippen LogP contribution < -0.4 is 10.1 Å². The molecule has 2 aromatic rings. The Kier molecular flexibility index (Phi) is 5.26. The van der Waals surface area contributed by atoms with E-state index in [9.17, 15) is 4.79 Å². The number of carbonyl (C=O) groups excluding carboxylic acids is 1. The topological polar surface area (TPSA) is 62.1 Å². The van der Waals surface area contributed by atoms with E-state index < -0.39 is 6.10 Å². The van der Waals surface area contributed by atoms with Crippen LogP contribution in [0.1, 0.15) is 12.5 Å². The molecule has 0 aliphatic carbocycles. The Morgan fingerprint density at radius 1 is 1.23 bits per heavy atom. The van der Waals surface area contributed by atoms with E-state index in [1.807, 2.05) is 6.07 Å². The summed E-state index contributed by atoms with van der Waals surface area (Å²) in [7, 11) is 0. The number of rotatable bonds is 4. The summed E-state index contributed by atoms with van der Waals surface area (Å²) in [5.41, 5.74) is 1.00. The molecule has 0 saturated carbocycles. The summed E-state index contributed by atoms with van der Waals surface area (Å²) in [6.45, 7) is 1.62. The van der Waals surface area contributed by atoms with Crippen molar-refractivity contribution in [1.29, 1.82) is 5.26 Å². The molecule has 1 atom stereocenters. The van der Waals surface area contributed by atoms with Crippen LogP contribution >= 0.6 is 23.2 Å². The molecular weight excluding hydrogens is 323 g/mol. The molecule has 4 nitrogen and oxygen atoms in total. The third-order valence-corrected chi connectivity index (χ3v) is 3.57. The predicted molar refractivity (Wildman–Crippen MR) is 86.3 cm³/mol. The third-order valence-electron chi connectivity index (χ3n) is 2.83. The number of nitrogens with one attached hydrogen (secondary N) is 1. The Labute approximate surface area is 138 Å². The maximum atomic E-state index is 12.1. The molecule has 1 amide bonds. The van der Waals surface area contributed by atoms with Gasteiger partial charge >= 0.3 is 0 Å². The van der Waals surface area contributed by atoms with E-state index in [0.717, 1.165) is 0 Å². The summed E-state index contributed by atoms with van der Waals surface area (Å²) in [6.07, 6.45) is -0.733. The summed E-state index contributed by atoms with van der Waals surface area (Å²) in [5, 5.41) is 12.3. The van der Waals surface area contributed by atoms with Crippen LogP contribution in [0.25, 0.3) is 0 Å². The zero-order valence-corrected chi connectivity index (χ0v) is 13.2. The smallest absolute Gasteiger partial charge is 0.265 e. The monoisotopic (exact) mass is 334 g/mol. The molecule has 0 aliphatic heterocycles. The number of ether oxygens (including phenoxy) is 1. The standard InChI is InChI=1S/C16H12Cl2N2O2/c1-10(22-13-5-6-14(17)15(18)8-13)16(21)20-12-4-2-3-11(7-12)9-19/h2-8,10H,1H3,(H,20,21)/t10-/m1/s1. The highest BCUT2D eigenvalue weighted by molar-refractivity contribution is 6.42. The third kappa shape index (κ3) is 4.14. The molecule has 0 bridgehead atoms. The second kappa shape index (κ2) is 7.17. The maximum Gasteiger partial charge on any atom is 0.265 e. The molecule has 2 rings (SSSR count). The number of hydrogen-bond acceptors (Lipinski definition) is 3. The number of anilines is 1. The van der Waals surface area contributed by atoms with Crippen molar-refractivity contribution >= 4 is 34.8 Å². The molecule has 6 heteroatoms. The van der Waals surface area contributed by atoms with E-state index >= 15 is 0 Å². The number of benzene rings is 2. The fraction of sp³-hybridized carbons (Fsp3) is 0.125. The van der Waals surface area contributed by atoms with Gasteiger partial charge in [0.15, 0.2) is 6.10 Å². The van der Waals surface area contributed by atoms with Crippen molar-refractivity contribution in [2.45, 2.75) is 13.0 Å². The van der Waals surface area contributed by atoms with Gasteiger partial charge in [0.25, 0.3) is 5.91 Å². The molecule has 0 aliphatic rings. The Morgan fingerprint density at radius 2 is 2.00 bits per heavy atom. The normalized spacial score (nSPS) is 11.4. The maximum absolute atomic E-state index is 12.1. The van der Waals surface area contributed by atoms with Gasteiger partial charge in [0.05, 0.1) is 21.7 Å². The summed E-state index contributed by atoms with van der Waals surface area (Å²) < 4.78 is 5.52. The lowest BCUT2D eigenvalue weighted by atomic mass is 10.2. The van der Waals surface area contributed by atoms with E-state index in [1.54, 1.807) is 49.4 Å². The Balaban J connectivity index is 2.02. The molecule has 2 aromatic carbocycles. The van der Waals surface area contributed by atoms with Gasteiger partial charge in [-0.3, -0.25) is 4.79 Å². The minimum Gasteiger partial charge on any atom is -0.481 e. The SMILES string of the molecule is C[C@@H](Oc1ccc(Cl)c(Cl)c1)C(=O)Nc1cccc(C#N)c1. The van der Waals surface area contributed by atoms with Gasteiger partial charge in [-0.25, -0.2) is 0 Å². The van der Waals surface area contributed by atoms with Crippen LogP contribution in [-0.4, -0.2) is 12.0 Å². The van der Waals surface area contributed by atoms with Crippen LogP contribution in [0.15, 0.2) is 42.5 Å². The second-order valence-electron chi connectivity index (χ2n) is 4.52. The van der Waals surface area contributed by atoms with E-state index in [4.69, 9.17) is 33.2 Å². The van der Waals surface area contributed by atoms with Crippen LogP contribution in [0, 0.1) is 11.3 Å². The lowest BCUT2D eigenvalue weighted by Crippen LogP contribution is -2.30. The van der Waals surface area contributed by atoms with Crippen LogP contribution in [0.2, 0.25) is 10.0 Å². The molecule has 0 radical (unpaired) electrons. The van der Waals surface area contributed by atoms with E-state index in [1.165, 1.54) is 0 Å². The van der Waals surface area contributed by atoms with E-state index in [-0.39, 0.29) is 5.91 Å². The predicted octanol–water partition coefficient (Wildman–Crippen LogP) is 4.27. The first-order valence-corrected chi connectivity index (χ1v) is 7.18. The summed E-state index contributed by atoms with van der Waals surface area (Å²) >= 11 is 11.7. The van der Waals surface area contributed by atoms with Crippen molar-refractivity contribution in [3.8, 4) is 11.8 Å². The lowest BCUT2D eigenvalue weighted by Gasteiger charge is -2.15. The van der Waals surface area contributed by atoms with Crippen molar-refractivity contribution in [1.82, 2.24) is 0 Å². The van der Waals surface area contributed by atoms with Crippen LogP contribution in [0.4, 0.5) is 5.69 Å². The Bertz CT molecular complexity index is 741.